The lowest BCUT2D eigenvalue weighted by atomic mass is 10.00. The second-order valence-corrected chi connectivity index (χ2v) is 15.7. The maximum absolute atomic E-state index is 14.1. The molecule has 0 aliphatic heterocycles. The number of carbonyl (C=O) groups is 3. The highest BCUT2D eigenvalue weighted by Gasteiger charge is 2.38. The van der Waals surface area contributed by atoms with E-state index in [2.05, 4.69) is 22.9 Å². The highest BCUT2D eigenvalue weighted by atomic mass is 32.2. The molecule has 16 heteroatoms. The minimum absolute atomic E-state index is 0.0145. The summed E-state index contributed by atoms with van der Waals surface area (Å²) in [5.41, 5.74) is 3.26. The van der Waals surface area contributed by atoms with E-state index < -0.39 is 74.6 Å². The summed E-state index contributed by atoms with van der Waals surface area (Å²) >= 11 is 0. The molecular weight excluding hydrogens is 762 g/mol. The number of aryl methyl sites for hydroxylation is 2. The Morgan fingerprint density at radius 1 is 0.786 bits per heavy atom. The van der Waals surface area contributed by atoms with Gasteiger partial charge in [-0.3, -0.25) is 9.59 Å². The van der Waals surface area contributed by atoms with Gasteiger partial charge in [0.05, 0.1) is 23.1 Å². The Balaban J connectivity index is 0.00000141. The largest absolute Gasteiger partial charge is 0.490 e. The molecule has 3 aromatic carbocycles. The highest BCUT2D eigenvalue weighted by molar-refractivity contribution is 7.92. The third-order valence-electron chi connectivity index (χ3n) is 8.76. The SMILES string of the molecule is CCCC(CCC)S(=O)(=O)C[C@H](NC(=O)CCc1ccccc1)C(=O)N[C@@H](Cc1cc(F)cc(F)c1)[C@H](O)CNCc1cccc(CC)c1.O=C(O)C(F)(F)F. The van der Waals surface area contributed by atoms with Crippen molar-refractivity contribution in [3.63, 3.8) is 0 Å². The van der Waals surface area contributed by atoms with Crippen LogP contribution in [0.4, 0.5) is 22.0 Å². The highest BCUT2D eigenvalue weighted by Crippen LogP contribution is 2.18. The molecule has 5 N–H and O–H groups in total. The standard InChI is InChI=1S/C38H51F2N3O5S.C2HF3O2/c1-4-11-33(12-5-2)49(47,48)26-35(42-37(45)18-17-28-13-8-7-9-14-28)38(46)43-34(22-30-20-31(39)23-32(40)21-30)36(44)25-41-24-29-16-10-15-27(6-3)19-29;3-2(4,5)1(6)7/h7-10,13-16,19-21,23,33-36,41,44H,4-6,11-12,17-18,22,24-26H2,1-3H3,(H,42,45)(H,43,46);(H,6,7)/t34-,35-,36+;/m0./s1. The molecule has 56 heavy (non-hydrogen) atoms. The van der Waals surface area contributed by atoms with Crippen molar-refractivity contribution in [3.8, 4) is 0 Å². The molecule has 0 saturated carbocycles. The predicted molar refractivity (Wildman–Crippen MR) is 203 cm³/mol. The Bertz CT molecular complexity index is 1770. The number of sulfone groups is 1. The molecule has 3 atom stereocenters. The Kier molecular flexibility index (Phi) is 20.1. The minimum atomic E-state index is -5.08. The Morgan fingerprint density at radius 3 is 1.91 bits per heavy atom. The summed E-state index contributed by atoms with van der Waals surface area (Å²) in [7, 11) is -3.83. The first-order valence-electron chi connectivity index (χ1n) is 18.4. The van der Waals surface area contributed by atoms with Crippen LogP contribution in [0.15, 0.2) is 72.8 Å². The van der Waals surface area contributed by atoms with Crippen molar-refractivity contribution in [1.82, 2.24) is 16.0 Å². The maximum atomic E-state index is 14.1. The van der Waals surface area contributed by atoms with E-state index in [9.17, 15) is 45.1 Å². The number of carbonyl (C=O) groups excluding carboxylic acids is 2. The number of alkyl halides is 3. The second-order valence-electron chi connectivity index (χ2n) is 13.4. The molecule has 310 valence electrons. The van der Waals surface area contributed by atoms with Gasteiger partial charge >= 0.3 is 12.1 Å². The smallest absolute Gasteiger partial charge is 0.475 e. The van der Waals surface area contributed by atoms with Crippen molar-refractivity contribution in [2.75, 3.05) is 12.3 Å². The van der Waals surface area contributed by atoms with Gasteiger partial charge in [0, 0.05) is 25.6 Å². The van der Waals surface area contributed by atoms with Gasteiger partial charge in [-0.25, -0.2) is 22.0 Å². The van der Waals surface area contributed by atoms with E-state index in [-0.39, 0.29) is 24.9 Å². The number of nitrogens with one attached hydrogen (secondary N) is 3. The Hall–Kier alpha value is -4.41. The van der Waals surface area contributed by atoms with Crippen molar-refractivity contribution < 1.29 is 55.0 Å². The summed E-state index contributed by atoms with van der Waals surface area (Å²) in [4.78, 5) is 35.9. The van der Waals surface area contributed by atoms with Crippen LogP contribution in [0.1, 0.15) is 75.1 Å². The zero-order chi connectivity index (χ0) is 41.9. The van der Waals surface area contributed by atoms with Crippen LogP contribution in [0.3, 0.4) is 0 Å². The number of halogens is 5. The Labute approximate surface area is 325 Å². The molecule has 2 amide bonds. The van der Waals surface area contributed by atoms with Crippen molar-refractivity contribution in [2.45, 2.75) is 108 Å². The van der Waals surface area contributed by atoms with Gasteiger partial charge in [0.25, 0.3) is 0 Å². The summed E-state index contributed by atoms with van der Waals surface area (Å²) in [6.45, 7) is 6.28. The van der Waals surface area contributed by atoms with Crippen molar-refractivity contribution in [3.05, 3.63) is 107 Å². The first kappa shape index (κ1) is 47.7. The van der Waals surface area contributed by atoms with E-state index >= 15 is 0 Å². The molecule has 0 aliphatic rings. The average Bonchev–Trinajstić information content (AvgIpc) is 3.13. The third kappa shape index (κ3) is 17.6. The molecule has 0 saturated heterocycles. The fourth-order valence-corrected chi connectivity index (χ4v) is 8.04. The molecule has 0 radical (unpaired) electrons. The topological polar surface area (TPSA) is 162 Å². The lowest BCUT2D eigenvalue weighted by Gasteiger charge is -2.28. The minimum Gasteiger partial charge on any atom is -0.475 e. The zero-order valence-electron chi connectivity index (χ0n) is 31.7. The van der Waals surface area contributed by atoms with Gasteiger partial charge in [-0.1, -0.05) is 88.2 Å². The monoisotopic (exact) mass is 813 g/mol. The number of hydrogen-bond donors (Lipinski definition) is 5. The van der Waals surface area contributed by atoms with Crippen LogP contribution in [-0.4, -0.2) is 78.3 Å². The molecule has 3 rings (SSSR count). The van der Waals surface area contributed by atoms with Gasteiger partial charge in [-0.05, 0) is 66.5 Å². The predicted octanol–water partition coefficient (Wildman–Crippen LogP) is 5.84. The van der Waals surface area contributed by atoms with E-state index in [4.69, 9.17) is 9.90 Å². The number of amides is 2. The van der Waals surface area contributed by atoms with Crippen LogP contribution < -0.4 is 16.0 Å². The van der Waals surface area contributed by atoms with Crippen molar-refractivity contribution >= 4 is 27.6 Å². The third-order valence-corrected chi connectivity index (χ3v) is 11.0. The van der Waals surface area contributed by atoms with E-state index in [1.54, 1.807) is 0 Å². The van der Waals surface area contributed by atoms with Gasteiger partial charge in [0.2, 0.25) is 11.8 Å². The molecule has 0 heterocycles. The number of aliphatic hydroxyl groups is 1. The normalized spacial score (nSPS) is 13.2. The number of benzene rings is 3. The van der Waals surface area contributed by atoms with Crippen molar-refractivity contribution in [2.24, 2.45) is 0 Å². The lowest BCUT2D eigenvalue weighted by molar-refractivity contribution is -0.192. The van der Waals surface area contributed by atoms with Gasteiger partial charge in [-0.2, -0.15) is 13.2 Å². The number of carboxylic acids is 1. The van der Waals surface area contributed by atoms with Gasteiger partial charge < -0.3 is 26.2 Å². The summed E-state index contributed by atoms with van der Waals surface area (Å²) in [5.74, 6) is -6.30. The molecular formula is C40H52F5N3O7S. The number of aliphatic carboxylic acids is 1. The fraction of sp³-hybridized carbons (Fsp3) is 0.475. The molecule has 0 spiro atoms. The van der Waals surface area contributed by atoms with E-state index in [0.717, 1.165) is 41.3 Å². The van der Waals surface area contributed by atoms with Crippen LogP contribution in [0.25, 0.3) is 0 Å². The van der Waals surface area contributed by atoms with Crippen LogP contribution >= 0.6 is 0 Å². The number of aliphatic hydroxyl groups excluding tert-OH is 1. The number of carboxylic acid groups (broad SMARTS) is 1. The van der Waals surface area contributed by atoms with Crippen LogP contribution in [0.5, 0.6) is 0 Å². The van der Waals surface area contributed by atoms with Gasteiger partial charge in [0.15, 0.2) is 9.84 Å². The fourth-order valence-electron chi connectivity index (χ4n) is 5.88. The van der Waals surface area contributed by atoms with E-state index in [0.29, 0.717) is 38.6 Å². The van der Waals surface area contributed by atoms with E-state index in [1.165, 1.54) is 0 Å². The first-order chi connectivity index (χ1) is 26.4. The summed E-state index contributed by atoms with van der Waals surface area (Å²) in [5, 5.41) is 26.3. The van der Waals surface area contributed by atoms with Crippen LogP contribution in [0, 0.1) is 11.6 Å². The van der Waals surface area contributed by atoms with Gasteiger partial charge in [0.1, 0.15) is 17.7 Å². The molecule has 0 aromatic heterocycles. The van der Waals surface area contributed by atoms with Crippen LogP contribution in [-0.2, 0) is 50.0 Å². The van der Waals surface area contributed by atoms with Crippen molar-refractivity contribution in [1.29, 1.82) is 0 Å². The quantitative estimate of drug-likeness (QED) is 0.0839. The maximum Gasteiger partial charge on any atom is 0.490 e. The average molecular weight is 814 g/mol. The number of hydrogen-bond acceptors (Lipinski definition) is 7. The molecule has 0 unspecified atom stereocenters. The molecule has 0 fully saturated rings. The molecule has 3 aromatic rings. The molecule has 10 nitrogen and oxygen atoms in total. The summed E-state index contributed by atoms with van der Waals surface area (Å²) < 4.78 is 87.2. The number of rotatable bonds is 21. The summed E-state index contributed by atoms with van der Waals surface area (Å²) in [6, 6.07) is 17.7. The summed E-state index contributed by atoms with van der Waals surface area (Å²) in [6.07, 6.45) is -3.06. The Morgan fingerprint density at radius 2 is 1.36 bits per heavy atom. The zero-order valence-corrected chi connectivity index (χ0v) is 32.6. The molecule has 0 aliphatic carbocycles. The molecule has 0 bridgehead atoms. The first-order valence-corrected chi connectivity index (χ1v) is 20.2. The second kappa shape index (κ2) is 23.6. The van der Waals surface area contributed by atoms with Crippen LogP contribution in [0.2, 0.25) is 0 Å². The van der Waals surface area contributed by atoms with E-state index in [1.807, 2.05) is 68.4 Å². The van der Waals surface area contributed by atoms with Gasteiger partial charge in [-0.15, -0.1) is 0 Å². The lowest BCUT2D eigenvalue weighted by Crippen LogP contribution is -2.57.